The Labute approximate surface area is 143 Å². The number of amides is 3. The van der Waals surface area contributed by atoms with Crippen molar-refractivity contribution in [2.75, 3.05) is 0 Å². The number of nitrogens with two attached hydrogens (primary N) is 2. The first-order valence-corrected chi connectivity index (χ1v) is 7.65. The van der Waals surface area contributed by atoms with Crippen molar-refractivity contribution in [2.24, 2.45) is 11.5 Å². The zero-order valence-electron chi connectivity index (χ0n) is 13.7. The summed E-state index contributed by atoms with van der Waals surface area (Å²) in [6.45, 7) is 1.98. The first-order chi connectivity index (χ1) is 11.8. The normalized spacial score (nSPS) is 10.8. The average Bonchev–Trinajstić information content (AvgIpc) is 2.55. The van der Waals surface area contributed by atoms with Gasteiger partial charge in [-0.2, -0.15) is 0 Å². The Kier molecular flexibility index (Phi) is 5.48. The van der Waals surface area contributed by atoms with Gasteiger partial charge in [0.2, 0.25) is 17.7 Å². The standard InChI is InChI=1S/C16H19N5O4/c1-9-19-11-6-3-2-5-10(11)16(25)21(9)8-4-7-12(22)20-13(14(17)23)15(18)24/h2-3,5-6,13H,4,7-8H2,1H3,(H2,17,23)(H2,18,24)(H,20,22). The molecule has 132 valence electrons. The molecular formula is C16H19N5O4. The largest absolute Gasteiger partial charge is 0.367 e. The van der Waals surface area contributed by atoms with E-state index < -0.39 is 23.8 Å². The van der Waals surface area contributed by atoms with E-state index in [0.29, 0.717) is 23.1 Å². The van der Waals surface area contributed by atoms with Gasteiger partial charge >= 0.3 is 0 Å². The minimum atomic E-state index is -1.54. The predicted molar refractivity (Wildman–Crippen MR) is 90.3 cm³/mol. The average molecular weight is 345 g/mol. The number of aromatic nitrogens is 2. The van der Waals surface area contributed by atoms with Crippen LogP contribution in [0.5, 0.6) is 0 Å². The Hall–Kier alpha value is -3.23. The van der Waals surface area contributed by atoms with Crippen LogP contribution in [-0.4, -0.2) is 33.3 Å². The summed E-state index contributed by atoms with van der Waals surface area (Å²) in [7, 11) is 0. The van der Waals surface area contributed by atoms with Gasteiger partial charge in [0.1, 0.15) is 5.82 Å². The molecule has 0 fully saturated rings. The van der Waals surface area contributed by atoms with Crippen LogP contribution in [0.1, 0.15) is 18.7 Å². The van der Waals surface area contributed by atoms with E-state index in [1.807, 2.05) is 0 Å². The molecule has 3 amide bonds. The van der Waals surface area contributed by atoms with Gasteiger partial charge in [0.15, 0.2) is 6.04 Å². The molecule has 0 spiro atoms. The van der Waals surface area contributed by atoms with Gasteiger partial charge in [-0.15, -0.1) is 0 Å². The zero-order valence-corrected chi connectivity index (χ0v) is 13.7. The monoisotopic (exact) mass is 345 g/mol. The molecule has 25 heavy (non-hydrogen) atoms. The van der Waals surface area contributed by atoms with Crippen LogP contribution in [0.4, 0.5) is 0 Å². The maximum atomic E-state index is 12.5. The highest BCUT2D eigenvalue weighted by molar-refractivity contribution is 6.05. The Balaban J connectivity index is 2.04. The molecule has 9 heteroatoms. The first-order valence-electron chi connectivity index (χ1n) is 7.65. The quantitative estimate of drug-likeness (QED) is 0.547. The fourth-order valence-electron chi connectivity index (χ4n) is 2.46. The van der Waals surface area contributed by atoms with E-state index in [4.69, 9.17) is 11.5 Å². The molecule has 0 unspecified atom stereocenters. The lowest BCUT2D eigenvalue weighted by molar-refractivity contribution is -0.134. The number of carbonyl (C=O) groups is 3. The SMILES string of the molecule is Cc1nc2ccccc2c(=O)n1CCCC(=O)NC(C(N)=O)C(N)=O. The summed E-state index contributed by atoms with van der Waals surface area (Å²) in [4.78, 5) is 50.7. The van der Waals surface area contributed by atoms with E-state index in [0.717, 1.165) is 0 Å². The first kappa shape index (κ1) is 18.1. The van der Waals surface area contributed by atoms with Crippen molar-refractivity contribution in [3.63, 3.8) is 0 Å². The van der Waals surface area contributed by atoms with Crippen LogP contribution in [0.15, 0.2) is 29.1 Å². The van der Waals surface area contributed by atoms with Crippen molar-refractivity contribution >= 4 is 28.6 Å². The van der Waals surface area contributed by atoms with E-state index in [1.54, 1.807) is 31.2 Å². The van der Waals surface area contributed by atoms with Gasteiger partial charge in [-0.3, -0.25) is 23.7 Å². The molecule has 0 aliphatic carbocycles. The fraction of sp³-hybridized carbons (Fsp3) is 0.312. The van der Waals surface area contributed by atoms with Crippen LogP contribution in [0.2, 0.25) is 0 Å². The van der Waals surface area contributed by atoms with Crippen molar-refractivity contribution in [2.45, 2.75) is 32.4 Å². The second kappa shape index (κ2) is 7.56. The fourth-order valence-corrected chi connectivity index (χ4v) is 2.46. The number of rotatable bonds is 7. The van der Waals surface area contributed by atoms with Crippen molar-refractivity contribution in [1.29, 1.82) is 0 Å². The molecule has 0 saturated carbocycles. The molecule has 1 heterocycles. The zero-order chi connectivity index (χ0) is 18.6. The highest BCUT2D eigenvalue weighted by Gasteiger charge is 2.23. The molecule has 9 nitrogen and oxygen atoms in total. The van der Waals surface area contributed by atoms with Gasteiger partial charge in [-0.25, -0.2) is 4.98 Å². The molecule has 2 rings (SSSR count). The molecule has 0 atom stereocenters. The number of hydrogen-bond acceptors (Lipinski definition) is 5. The van der Waals surface area contributed by atoms with Crippen LogP contribution < -0.4 is 22.3 Å². The number of carbonyl (C=O) groups excluding carboxylic acids is 3. The Morgan fingerprint density at radius 1 is 1.20 bits per heavy atom. The van der Waals surface area contributed by atoms with E-state index in [2.05, 4.69) is 10.3 Å². The minimum Gasteiger partial charge on any atom is -0.367 e. The summed E-state index contributed by atoms with van der Waals surface area (Å²) >= 11 is 0. The van der Waals surface area contributed by atoms with Crippen molar-refractivity contribution in [3.05, 3.63) is 40.4 Å². The molecule has 2 aromatic rings. The van der Waals surface area contributed by atoms with Gasteiger partial charge in [0.25, 0.3) is 5.56 Å². The summed E-state index contributed by atoms with van der Waals surface area (Å²) in [6, 6.07) is 5.47. The smallest absolute Gasteiger partial charge is 0.261 e. The summed E-state index contributed by atoms with van der Waals surface area (Å²) in [5.41, 5.74) is 10.4. The van der Waals surface area contributed by atoms with Crippen LogP contribution in [0.3, 0.4) is 0 Å². The van der Waals surface area contributed by atoms with Crippen molar-refractivity contribution in [3.8, 4) is 0 Å². The van der Waals surface area contributed by atoms with E-state index in [-0.39, 0.29) is 18.5 Å². The lowest BCUT2D eigenvalue weighted by Gasteiger charge is -2.13. The lowest BCUT2D eigenvalue weighted by Crippen LogP contribution is -2.52. The molecule has 0 bridgehead atoms. The molecule has 0 radical (unpaired) electrons. The van der Waals surface area contributed by atoms with E-state index in [9.17, 15) is 19.2 Å². The molecule has 0 aliphatic heterocycles. The second-order valence-electron chi connectivity index (χ2n) is 5.54. The Morgan fingerprint density at radius 2 is 1.84 bits per heavy atom. The summed E-state index contributed by atoms with van der Waals surface area (Å²) in [5.74, 6) is -2.06. The highest BCUT2D eigenvalue weighted by atomic mass is 16.2. The van der Waals surface area contributed by atoms with Crippen LogP contribution in [-0.2, 0) is 20.9 Å². The number of nitrogens with one attached hydrogen (secondary N) is 1. The van der Waals surface area contributed by atoms with Crippen LogP contribution in [0, 0.1) is 6.92 Å². The third kappa shape index (κ3) is 4.19. The van der Waals surface area contributed by atoms with Crippen LogP contribution >= 0.6 is 0 Å². The molecule has 5 N–H and O–H groups in total. The summed E-state index contributed by atoms with van der Waals surface area (Å²) in [5, 5.41) is 2.67. The summed E-state index contributed by atoms with van der Waals surface area (Å²) in [6.07, 6.45) is 0.312. The number of para-hydroxylation sites is 1. The molecule has 1 aromatic carbocycles. The number of hydrogen-bond donors (Lipinski definition) is 3. The van der Waals surface area contributed by atoms with E-state index in [1.165, 1.54) is 4.57 Å². The summed E-state index contributed by atoms with van der Waals surface area (Å²) < 4.78 is 1.48. The topological polar surface area (TPSA) is 150 Å². The second-order valence-corrected chi connectivity index (χ2v) is 5.54. The van der Waals surface area contributed by atoms with Crippen molar-refractivity contribution < 1.29 is 14.4 Å². The van der Waals surface area contributed by atoms with Gasteiger partial charge < -0.3 is 16.8 Å². The number of primary amides is 2. The Bertz CT molecular complexity index is 876. The van der Waals surface area contributed by atoms with E-state index >= 15 is 0 Å². The van der Waals surface area contributed by atoms with Gasteiger partial charge in [-0.05, 0) is 25.5 Å². The van der Waals surface area contributed by atoms with Crippen molar-refractivity contribution in [1.82, 2.24) is 14.9 Å². The molecule has 0 aliphatic rings. The third-order valence-corrected chi connectivity index (χ3v) is 3.71. The van der Waals surface area contributed by atoms with Gasteiger partial charge in [0.05, 0.1) is 10.9 Å². The number of fused-ring (bicyclic) bond motifs is 1. The lowest BCUT2D eigenvalue weighted by atomic mass is 10.2. The van der Waals surface area contributed by atoms with Gasteiger partial charge in [-0.1, -0.05) is 12.1 Å². The predicted octanol–water partition coefficient (Wildman–Crippen LogP) is -1.06. The molecular weight excluding hydrogens is 326 g/mol. The van der Waals surface area contributed by atoms with Gasteiger partial charge in [0, 0.05) is 13.0 Å². The van der Waals surface area contributed by atoms with Crippen LogP contribution in [0.25, 0.3) is 10.9 Å². The Morgan fingerprint density at radius 3 is 2.48 bits per heavy atom. The highest BCUT2D eigenvalue weighted by Crippen LogP contribution is 2.08. The molecule has 1 aromatic heterocycles. The number of benzene rings is 1. The number of aryl methyl sites for hydroxylation is 1. The maximum absolute atomic E-state index is 12.5. The number of nitrogens with zero attached hydrogens (tertiary/aromatic N) is 2. The third-order valence-electron chi connectivity index (χ3n) is 3.71. The molecule has 0 saturated heterocycles. The maximum Gasteiger partial charge on any atom is 0.261 e. The minimum absolute atomic E-state index is 0.00420.